The molecule has 0 saturated heterocycles. The van der Waals surface area contributed by atoms with E-state index in [-0.39, 0.29) is 0 Å². The summed E-state index contributed by atoms with van der Waals surface area (Å²) >= 11 is 9.63. The topological polar surface area (TPSA) is 24.9 Å². The number of pyridine rings is 1. The fourth-order valence-corrected chi connectivity index (χ4v) is 2.94. The summed E-state index contributed by atoms with van der Waals surface area (Å²) < 4.78 is 1.06. The van der Waals surface area contributed by atoms with Gasteiger partial charge in [-0.1, -0.05) is 45.7 Å². The molecule has 21 heavy (non-hydrogen) atoms. The first-order valence-corrected chi connectivity index (χ1v) is 7.84. The van der Waals surface area contributed by atoms with Crippen LogP contribution in [0.5, 0.6) is 0 Å². The molecular formula is C17H14BrClN2. The third kappa shape index (κ3) is 3.04. The van der Waals surface area contributed by atoms with Crippen molar-refractivity contribution in [3.63, 3.8) is 0 Å². The van der Waals surface area contributed by atoms with Crippen molar-refractivity contribution >= 4 is 44.1 Å². The van der Waals surface area contributed by atoms with E-state index in [0.717, 1.165) is 31.6 Å². The lowest BCUT2D eigenvalue weighted by Gasteiger charge is -2.12. The normalized spacial score (nSPS) is 10.8. The van der Waals surface area contributed by atoms with Crippen LogP contribution in [0.25, 0.3) is 10.9 Å². The Morgan fingerprint density at radius 1 is 1.19 bits per heavy atom. The van der Waals surface area contributed by atoms with Crippen molar-refractivity contribution in [3.8, 4) is 0 Å². The van der Waals surface area contributed by atoms with E-state index in [2.05, 4.69) is 51.4 Å². The molecule has 0 bridgehead atoms. The molecule has 0 radical (unpaired) electrons. The number of hydrogen-bond donors (Lipinski definition) is 1. The van der Waals surface area contributed by atoms with Crippen molar-refractivity contribution < 1.29 is 0 Å². The number of fused-ring (bicyclic) bond motifs is 1. The molecule has 2 aromatic carbocycles. The highest BCUT2D eigenvalue weighted by Gasteiger charge is 2.06. The smallest absolute Gasteiger partial charge is 0.0763 e. The van der Waals surface area contributed by atoms with Gasteiger partial charge in [0.05, 0.1) is 5.52 Å². The van der Waals surface area contributed by atoms with Crippen molar-refractivity contribution in [2.75, 3.05) is 5.32 Å². The van der Waals surface area contributed by atoms with Crippen molar-refractivity contribution in [3.05, 3.63) is 69.3 Å². The third-order valence-electron chi connectivity index (χ3n) is 3.47. The van der Waals surface area contributed by atoms with Gasteiger partial charge in [0.15, 0.2) is 0 Å². The maximum atomic E-state index is 6.06. The zero-order valence-corrected chi connectivity index (χ0v) is 13.9. The van der Waals surface area contributed by atoms with Crippen LogP contribution in [-0.2, 0) is 6.54 Å². The van der Waals surface area contributed by atoms with E-state index in [9.17, 15) is 0 Å². The van der Waals surface area contributed by atoms with E-state index in [1.807, 2.05) is 30.5 Å². The standard InChI is InChI=1S/C17H14BrClN2/c1-11-4-6-13(19)9-16(11)21-10-12-5-7-15(18)14-3-2-8-20-17(12)14/h2-9,21H,10H2,1H3. The number of aromatic nitrogens is 1. The first kappa shape index (κ1) is 14.4. The summed E-state index contributed by atoms with van der Waals surface area (Å²) in [5.74, 6) is 0. The van der Waals surface area contributed by atoms with Gasteiger partial charge >= 0.3 is 0 Å². The zero-order chi connectivity index (χ0) is 14.8. The van der Waals surface area contributed by atoms with Gasteiger partial charge in [0.1, 0.15) is 0 Å². The average molecular weight is 362 g/mol. The maximum absolute atomic E-state index is 6.06. The summed E-state index contributed by atoms with van der Waals surface area (Å²) in [7, 11) is 0. The molecule has 0 aliphatic carbocycles. The molecule has 0 saturated carbocycles. The number of nitrogens with one attached hydrogen (secondary N) is 1. The van der Waals surface area contributed by atoms with Crippen LogP contribution in [-0.4, -0.2) is 4.98 Å². The van der Waals surface area contributed by atoms with E-state index >= 15 is 0 Å². The van der Waals surface area contributed by atoms with Gasteiger partial charge in [0, 0.05) is 33.3 Å². The van der Waals surface area contributed by atoms with Crippen LogP contribution < -0.4 is 5.32 Å². The quantitative estimate of drug-likeness (QED) is 0.659. The molecule has 1 heterocycles. The molecule has 0 atom stereocenters. The van der Waals surface area contributed by atoms with Gasteiger partial charge in [0.2, 0.25) is 0 Å². The van der Waals surface area contributed by atoms with E-state index in [0.29, 0.717) is 6.54 Å². The van der Waals surface area contributed by atoms with Crippen LogP contribution >= 0.6 is 27.5 Å². The van der Waals surface area contributed by atoms with Crippen LogP contribution in [0.1, 0.15) is 11.1 Å². The Kier molecular flexibility index (Phi) is 4.13. The molecule has 1 aromatic heterocycles. The van der Waals surface area contributed by atoms with Gasteiger partial charge in [0.25, 0.3) is 0 Å². The first-order valence-electron chi connectivity index (χ1n) is 6.67. The summed E-state index contributed by atoms with van der Waals surface area (Å²) in [5, 5.41) is 5.30. The second kappa shape index (κ2) is 6.04. The molecular weight excluding hydrogens is 348 g/mol. The number of anilines is 1. The SMILES string of the molecule is Cc1ccc(Cl)cc1NCc1ccc(Br)c2cccnc12. The molecule has 3 aromatic rings. The fraction of sp³-hybridized carbons (Fsp3) is 0.118. The van der Waals surface area contributed by atoms with E-state index < -0.39 is 0 Å². The average Bonchev–Trinajstić information content (AvgIpc) is 2.50. The molecule has 2 nitrogen and oxygen atoms in total. The number of rotatable bonds is 3. The summed E-state index contributed by atoms with van der Waals surface area (Å²) in [6.07, 6.45) is 1.82. The van der Waals surface area contributed by atoms with Crippen molar-refractivity contribution in [2.24, 2.45) is 0 Å². The zero-order valence-electron chi connectivity index (χ0n) is 11.5. The monoisotopic (exact) mass is 360 g/mol. The predicted molar refractivity (Wildman–Crippen MR) is 93.0 cm³/mol. The molecule has 0 amide bonds. The number of aryl methyl sites for hydroxylation is 1. The van der Waals surface area contributed by atoms with Gasteiger partial charge in [-0.05, 0) is 42.3 Å². The molecule has 106 valence electrons. The molecule has 1 N–H and O–H groups in total. The Balaban J connectivity index is 1.92. The third-order valence-corrected chi connectivity index (χ3v) is 4.40. The van der Waals surface area contributed by atoms with Crippen LogP contribution in [0, 0.1) is 6.92 Å². The van der Waals surface area contributed by atoms with Crippen LogP contribution in [0.4, 0.5) is 5.69 Å². The largest absolute Gasteiger partial charge is 0.381 e. The molecule has 0 aliphatic heterocycles. The van der Waals surface area contributed by atoms with Crippen LogP contribution in [0.15, 0.2) is 53.1 Å². The van der Waals surface area contributed by atoms with E-state index in [1.165, 1.54) is 5.56 Å². The maximum Gasteiger partial charge on any atom is 0.0763 e. The lowest BCUT2D eigenvalue weighted by Crippen LogP contribution is -2.02. The van der Waals surface area contributed by atoms with Gasteiger partial charge in [-0.3, -0.25) is 4.98 Å². The summed E-state index contributed by atoms with van der Waals surface area (Å²) in [4.78, 5) is 4.50. The molecule has 3 rings (SSSR count). The van der Waals surface area contributed by atoms with Crippen molar-refractivity contribution in [2.45, 2.75) is 13.5 Å². The predicted octanol–water partition coefficient (Wildman–Crippen LogP) is 5.57. The summed E-state index contributed by atoms with van der Waals surface area (Å²) in [5.41, 5.74) is 4.40. The minimum absolute atomic E-state index is 0.710. The number of halogens is 2. The van der Waals surface area contributed by atoms with Gasteiger partial charge in [-0.2, -0.15) is 0 Å². The Labute approximate surface area is 137 Å². The van der Waals surface area contributed by atoms with Crippen LogP contribution in [0.3, 0.4) is 0 Å². The highest BCUT2D eigenvalue weighted by molar-refractivity contribution is 9.10. The minimum atomic E-state index is 0.710. The molecule has 4 heteroatoms. The Morgan fingerprint density at radius 2 is 2.05 bits per heavy atom. The molecule has 0 aliphatic rings. The van der Waals surface area contributed by atoms with Gasteiger partial charge < -0.3 is 5.32 Å². The lowest BCUT2D eigenvalue weighted by atomic mass is 10.1. The fourth-order valence-electron chi connectivity index (χ4n) is 2.31. The highest BCUT2D eigenvalue weighted by Crippen LogP contribution is 2.26. The number of benzene rings is 2. The lowest BCUT2D eigenvalue weighted by molar-refractivity contribution is 1.14. The first-order chi connectivity index (χ1) is 10.1. The van der Waals surface area contributed by atoms with Gasteiger partial charge in [-0.15, -0.1) is 0 Å². The number of nitrogens with zero attached hydrogens (tertiary/aromatic N) is 1. The Bertz CT molecular complexity index is 802. The van der Waals surface area contributed by atoms with Gasteiger partial charge in [-0.25, -0.2) is 0 Å². The Hall–Kier alpha value is -1.58. The van der Waals surface area contributed by atoms with E-state index in [4.69, 9.17) is 11.6 Å². The molecule has 0 unspecified atom stereocenters. The second-order valence-electron chi connectivity index (χ2n) is 4.92. The minimum Gasteiger partial charge on any atom is -0.381 e. The molecule has 0 fully saturated rings. The van der Waals surface area contributed by atoms with Crippen molar-refractivity contribution in [1.29, 1.82) is 0 Å². The Morgan fingerprint density at radius 3 is 2.90 bits per heavy atom. The second-order valence-corrected chi connectivity index (χ2v) is 6.21. The summed E-state index contributed by atoms with van der Waals surface area (Å²) in [6, 6.07) is 14.0. The van der Waals surface area contributed by atoms with Crippen molar-refractivity contribution in [1.82, 2.24) is 4.98 Å². The van der Waals surface area contributed by atoms with E-state index in [1.54, 1.807) is 0 Å². The van der Waals surface area contributed by atoms with Crippen LogP contribution in [0.2, 0.25) is 5.02 Å². The summed E-state index contributed by atoms with van der Waals surface area (Å²) in [6.45, 7) is 2.78. The number of hydrogen-bond acceptors (Lipinski definition) is 2. The molecule has 0 spiro atoms. The highest BCUT2D eigenvalue weighted by atomic mass is 79.9.